The lowest BCUT2D eigenvalue weighted by Crippen LogP contribution is -2.15. The number of ether oxygens (including phenoxy) is 1. The van der Waals surface area contributed by atoms with Gasteiger partial charge in [0.2, 0.25) is 0 Å². The molecule has 4 nitrogen and oxygen atoms in total. The molecule has 1 atom stereocenters. The minimum Gasteiger partial charge on any atom is -0.485 e. The smallest absolute Gasteiger partial charge is 0.303 e. The number of carboxylic acids is 1. The molecule has 0 spiro atoms. The van der Waals surface area contributed by atoms with Gasteiger partial charge < -0.3 is 15.2 Å². The summed E-state index contributed by atoms with van der Waals surface area (Å²) in [5.74, 6) is 0.154. The molecule has 0 saturated heterocycles. The molecule has 0 amide bonds. The molecule has 24 heavy (non-hydrogen) atoms. The summed E-state index contributed by atoms with van der Waals surface area (Å²) in [7, 11) is 1.95. The molecule has 1 unspecified atom stereocenters. The van der Waals surface area contributed by atoms with Gasteiger partial charge in [-0.25, -0.2) is 0 Å². The first-order chi connectivity index (χ1) is 11.5. The lowest BCUT2D eigenvalue weighted by Gasteiger charge is -2.18. The largest absolute Gasteiger partial charge is 0.485 e. The maximum atomic E-state index is 9.37. The van der Waals surface area contributed by atoms with E-state index in [0.29, 0.717) is 0 Å². The lowest BCUT2D eigenvalue weighted by molar-refractivity contribution is -0.136. The number of hydrogen-bond acceptors (Lipinski definition) is 4. The number of carbonyl (C=O) groups is 1. The van der Waals surface area contributed by atoms with Gasteiger partial charge >= 0.3 is 5.97 Å². The van der Waals surface area contributed by atoms with Gasteiger partial charge in [0.15, 0.2) is 0 Å². The van der Waals surface area contributed by atoms with Gasteiger partial charge in [0.25, 0.3) is 0 Å². The molecule has 1 aromatic heterocycles. The number of benzene rings is 1. The van der Waals surface area contributed by atoms with E-state index in [1.807, 2.05) is 30.6 Å². The number of nitrogens with one attached hydrogen (secondary N) is 1. The van der Waals surface area contributed by atoms with Crippen LogP contribution in [0.4, 0.5) is 0 Å². The zero-order valence-corrected chi connectivity index (χ0v) is 15.8. The van der Waals surface area contributed by atoms with Crippen LogP contribution in [-0.4, -0.2) is 24.7 Å². The Hall–Kier alpha value is -1.56. The molecule has 0 aliphatic heterocycles. The van der Waals surface area contributed by atoms with Crippen LogP contribution >= 0.6 is 22.9 Å². The third-order valence-electron chi connectivity index (χ3n) is 3.16. The molecule has 0 saturated carbocycles. The van der Waals surface area contributed by atoms with E-state index < -0.39 is 5.97 Å². The van der Waals surface area contributed by atoms with Crippen molar-refractivity contribution in [2.45, 2.75) is 32.8 Å². The van der Waals surface area contributed by atoms with E-state index in [1.54, 1.807) is 18.3 Å². The van der Waals surface area contributed by atoms with Gasteiger partial charge in [-0.05, 0) is 38.7 Å². The fourth-order valence-corrected chi connectivity index (χ4v) is 2.96. The Bertz CT molecular complexity index is 613. The topological polar surface area (TPSA) is 58.6 Å². The Morgan fingerprint density at radius 2 is 2.00 bits per heavy atom. The van der Waals surface area contributed by atoms with Gasteiger partial charge in [-0.3, -0.25) is 4.79 Å². The van der Waals surface area contributed by atoms with Crippen LogP contribution < -0.4 is 10.1 Å². The van der Waals surface area contributed by atoms with E-state index >= 15 is 0 Å². The van der Waals surface area contributed by atoms with E-state index in [9.17, 15) is 4.79 Å². The van der Waals surface area contributed by atoms with Crippen LogP contribution in [0.1, 0.15) is 36.3 Å². The molecule has 1 heterocycles. The summed E-state index contributed by atoms with van der Waals surface area (Å²) in [5, 5.41) is 13.6. The van der Waals surface area contributed by atoms with Gasteiger partial charge in [-0.2, -0.15) is 0 Å². The zero-order chi connectivity index (χ0) is 17.9. The second-order valence-electron chi connectivity index (χ2n) is 5.23. The molecule has 0 aliphatic carbocycles. The number of thiophene rings is 1. The second-order valence-corrected chi connectivity index (χ2v) is 6.61. The summed E-state index contributed by atoms with van der Waals surface area (Å²) >= 11 is 7.65. The molecule has 0 aliphatic rings. The number of hydrogen-bond donors (Lipinski definition) is 2. The molecular weight excluding hydrogens is 346 g/mol. The van der Waals surface area contributed by atoms with Crippen molar-refractivity contribution >= 4 is 28.9 Å². The minimum absolute atomic E-state index is 0.0488. The standard InChI is InChI=1S/C15H18ClNOS.C3H6O2/c1-11-3-5-13(6-4-11)18-14(7-8-17-2)15-9-12(16)10-19-15;1-2-3(4)5/h3-6,9-10,14,17H,7-8H2,1-2H3;2H2,1H3,(H,4,5). The fraction of sp³-hybridized carbons (Fsp3) is 0.389. The summed E-state index contributed by atoms with van der Waals surface area (Å²) in [6.07, 6.45) is 1.19. The van der Waals surface area contributed by atoms with E-state index in [1.165, 1.54) is 10.4 Å². The van der Waals surface area contributed by atoms with Crippen LogP contribution in [0.25, 0.3) is 0 Å². The van der Waals surface area contributed by atoms with Crippen molar-refractivity contribution < 1.29 is 14.6 Å². The molecule has 6 heteroatoms. The van der Waals surface area contributed by atoms with Gasteiger partial charge in [0.05, 0.1) is 5.02 Å². The third kappa shape index (κ3) is 7.81. The SMILES string of the molecule is CCC(=O)O.CNCCC(Oc1ccc(C)cc1)c1cc(Cl)cs1. The quantitative estimate of drug-likeness (QED) is 0.727. The Kier molecular flexibility index (Phi) is 9.45. The molecule has 2 rings (SSSR count). The first kappa shape index (κ1) is 20.5. The molecule has 132 valence electrons. The summed E-state index contributed by atoms with van der Waals surface area (Å²) in [5.41, 5.74) is 1.23. The highest BCUT2D eigenvalue weighted by atomic mass is 35.5. The van der Waals surface area contributed by atoms with Gasteiger partial charge in [0.1, 0.15) is 11.9 Å². The van der Waals surface area contributed by atoms with Crippen molar-refractivity contribution in [3.05, 3.63) is 51.2 Å². The fourth-order valence-electron chi connectivity index (χ4n) is 1.81. The van der Waals surface area contributed by atoms with Crippen molar-refractivity contribution in [3.8, 4) is 5.75 Å². The van der Waals surface area contributed by atoms with E-state index in [-0.39, 0.29) is 12.5 Å². The molecule has 0 fully saturated rings. The number of halogens is 1. The van der Waals surface area contributed by atoms with Crippen molar-refractivity contribution in [1.29, 1.82) is 0 Å². The van der Waals surface area contributed by atoms with Crippen LogP contribution in [0.15, 0.2) is 35.7 Å². The predicted octanol–water partition coefficient (Wildman–Crippen LogP) is 4.92. The molecular formula is C18H24ClNO3S. The van der Waals surface area contributed by atoms with Gasteiger partial charge in [-0.15, -0.1) is 11.3 Å². The summed E-state index contributed by atoms with van der Waals surface area (Å²) < 4.78 is 6.08. The Morgan fingerprint density at radius 1 is 1.38 bits per heavy atom. The first-order valence-corrected chi connectivity index (χ1v) is 9.05. The average molecular weight is 370 g/mol. The average Bonchev–Trinajstić information content (AvgIpc) is 3.00. The number of rotatable bonds is 7. The van der Waals surface area contributed by atoms with Crippen LogP contribution in [0.5, 0.6) is 5.75 Å². The van der Waals surface area contributed by atoms with Crippen molar-refractivity contribution in [2.24, 2.45) is 0 Å². The maximum Gasteiger partial charge on any atom is 0.303 e. The van der Waals surface area contributed by atoms with Gasteiger partial charge in [-0.1, -0.05) is 36.2 Å². The molecule has 2 aromatic rings. The molecule has 0 bridgehead atoms. The number of carboxylic acid groups (broad SMARTS) is 1. The number of aliphatic carboxylic acids is 1. The third-order valence-corrected chi connectivity index (χ3v) is 4.54. The Morgan fingerprint density at radius 3 is 2.46 bits per heavy atom. The van der Waals surface area contributed by atoms with Crippen molar-refractivity contribution in [1.82, 2.24) is 5.32 Å². The van der Waals surface area contributed by atoms with Gasteiger partial charge in [0, 0.05) is 23.1 Å². The highest BCUT2D eigenvalue weighted by Crippen LogP contribution is 2.31. The van der Waals surface area contributed by atoms with E-state index in [2.05, 4.69) is 24.4 Å². The minimum atomic E-state index is -0.745. The maximum absolute atomic E-state index is 9.37. The number of aryl methyl sites for hydroxylation is 1. The van der Waals surface area contributed by atoms with E-state index in [4.69, 9.17) is 21.4 Å². The zero-order valence-electron chi connectivity index (χ0n) is 14.2. The normalized spacial score (nSPS) is 11.3. The van der Waals surface area contributed by atoms with Crippen molar-refractivity contribution in [2.75, 3.05) is 13.6 Å². The van der Waals surface area contributed by atoms with Crippen LogP contribution in [0.2, 0.25) is 5.02 Å². The Labute approximate surface area is 152 Å². The van der Waals surface area contributed by atoms with Crippen LogP contribution in [0, 0.1) is 6.92 Å². The summed E-state index contributed by atoms with van der Waals surface area (Å²) in [6, 6.07) is 10.1. The molecule has 1 aromatic carbocycles. The predicted molar refractivity (Wildman–Crippen MR) is 100 cm³/mol. The first-order valence-electron chi connectivity index (χ1n) is 7.79. The molecule has 0 radical (unpaired) electrons. The monoisotopic (exact) mass is 369 g/mol. The highest BCUT2D eigenvalue weighted by Gasteiger charge is 2.15. The summed E-state index contributed by atoms with van der Waals surface area (Å²) in [6.45, 7) is 4.58. The van der Waals surface area contributed by atoms with E-state index in [0.717, 1.165) is 23.7 Å². The summed E-state index contributed by atoms with van der Waals surface area (Å²) in [4.78, 5) is 10.5. The Balaban J connectivity index is 0.000000505. The second kappa shape index (κ2) is 11.1. The van der Waals surface area contributed by atoms with Crippen LogP contribution in [-0.2, 0) is 4.79 Å². The lowest BCUT2D eigenvalue weighted by atomic mass is 10.2. The molecule has 2 N–H and O–H groups in total. The van der Waals surface area contributed by atoms with Crippen molar-refractivity contribution in [3.63, 3.8) is 0 Å². The van der Waals surface area contributed by atoms with Crippen LogP contribution in [0.3, 0.4) is 0 Å². The highest BCUT2D eigenvalue weighted by molar-refractivity contribution is 7.10.